The van der Waals surface area contributed by atoms with Crippen molar-refractivity contribution in [3.8, 4) is 0 Å². The predicted octanol–water partition coefficient (Wildman–Crippen LogP) is 3.26. The maximum Gasteiger partial charge on any atom is 0.270 e. The van der Waals surface area contributed by atoms with Gasteiger partial charge in [-0.05, 0) is 41.3 Å². The zero-order chi connectivity index (χ0) is 23.4. The summed E-state index contributed by atoms with van der Waals surface area (Å²) >= 11 is 0. The number of pyridine rings is 1. The average molecular weight is 457 g/mol. The number of halogens is 3. The molecule has 0 unspecified atom stereocenters. The number of ether oxygens (including phenoxy) is 1. The van der Waals surface area contributed by atoms with Crippen molar-refractivity contribution in [1.29, 1.82) is 0 Å². The highest BCUT2D eigenvalue weighted by atomic mass is 19.2. The Morgan fingerprint density at radius 1 is 1.09 bits per heavy atom. The minimum Gasteiger partial charge on any atom is -0.392 e. The first-order chi connectivity index (χ1) is 15.8. The molecule has 10 heteroatoms. The molecule has 4 aromatic rings. The number of carbonyl (C=O) groups is 1. The molecule has 3 N–H and O–H groups in total. The molecule has 1 atom stereocenters. The van der Waals surface area contributed by atoms with E-state index in [2.05, 4.69) is 9.97 Å². The predicted molar refractivity (Wildman–Crippen MR) is 113 cm³/mol. The number of benzene rings is 2. The number of nitrogens with one attached hydrogen (secondary N) is 2. The van der Waals surface area contributed by atoms with E-state index in [0.29, 0.717) is 27.7 Å². The van der Waals surface area contributed by atoms with Crippen LogP contribution in [-0.4, -0.2) is 39.5 Å². The summed E-state index contributed by atoms with van der Waals surface area (Å²) in [6.45, 7) is -0.295. The van der Waals surface area contributed by atoms with Gasteiger partial charge in [0.15, 0.2) is 11.6 Å². The average Bonchev–Trinajstić information content (AvgIpc) is 3.22. The summed E-state index contributed by atoms with van der Waals surface area (Å²) in [5.74, 6) is -3.28. The highest BCUT2D eigenvalue weighted by Crippen LogP contribution is 2.34. The Hall–Kier alpha value is -3.63. The van der Waals surface area contributed by atoms with Crippen molar-refractivity contribution >= 4 is 27.6 Å². The van der Waals surface area contributed by atoms with Gasteiger partial charge in [0, 0.05) is 29.2 Å². The van der Waals surface area contributed by atoms with E-state index in [1.807, 2.05) is 0 Å². The number of likely N-dealkylation sites (N-methyl/N-ethyl adjacent to an activating group) is 1. The molecule has 170 valence electrons. The number of aliphatic hydroxyl groups is 1. The number of nitrogens with zero attached hydrogens (tertiary/aromatic N) is 1. The van der Waals surface area contributed by atoms with Crippen LogP contribution in [0.25, 0.3) is 21.7 Å². The summed E-state index contributed by atoms with van der Waals surface area (Å²) < 4.78 is 47.2. The Bertz CT molecular complexity index is 1490. The molecular weight excluding hydrogens is 439 g/mol. The third-order valence-corrected chi connectivity index (χ3v) is 6.02. The Labute approximate surface area is 184 Å². The second-order valence-electron chi connectivity index (χ2n) is 7.97. The molecule has 0 saturated heterocycles. The number of aromatic amines is 2. The van der Waals surface area contributed by atoms with Gasteiger partial charge in [-0.15, -0.1) is 0 Å². The van der Waals surface area contributed by atoms with E-state index in [-0.39, 0.29) is 29.7 Å². The van der Waals surface area contributed by atoms with Crippen molar-refractivity contribution in [2.45, 2.75) is 19.3 Å². The molecule has 3 heterocycles. The molecule has 0 bridgehead atoms. The van der Waals surface area contributed by atoms with Crippen LogP contribution in [0.1, 0.15) is 33.4 Å². The maximum atomic E-state index is 14.1. The van der Waals surface area contributed by atoms with Gasteiger partial charge in [-0.25, -0.2) is 13.2 Å². The SMILES string of the molecule is CN(C(=O)c1cc2c(CO)cc(F)cc2[nH]1)[C@@H]1COCc2[nH]c(=O)c3cc(F)c(F)cc3c21. The number of aromatic nitrogens is 2. The molecule has 2 aromatic carbocycles. The molecule has 1 amide bonds. The smallest absolute Gasteiger partial charge is 0.270 e. The van der Waals surface area contributed by atoms with Crippen molar-refractivity contribution in [2.24, 2.45) is 0 Å². The molecule has 33 heavy (non-hydrogen) atoms. The summed E-state index contributed by atoms with van der Waals surface area (Å²) in [6, 6.07) is 5.00. The van der Waals surface area contributed by atoms with Crippen LogP contribution < -0.4 is 5.56 Å². The van der Waals surface area contributed by atoms with Crippen LogP contribution in [0.15, 0.2) is 35.1 Å². The molecule has 1 aliphatic heterocycles. The van der Waals surface area contributed by atoms with Crippen LogP contribution >= 0.6 is 0 Å². The zero-order valence-electron chi connectivity index (χ0n) is 17.3. The van der Waals surface area contributed by atoms with Crippen molar-refractivity contribution < 1.29 is 27.8 Å². The van der Waals surface area contributed by atoms with E-state index in [1.165, 1.54) is 30.1 Å². The Balaban J connectivity index is 1.61. The fourth-order valence-corrected chi connectivity index (χ4v) is 4.40. The van der Waals surface area contributed by atoms with Gasteiger partial charge in [0.2, 0.25) is 0 Å². The van der Waals surface area contributed by atoms with Crippen LogP contribution in [0.2, 0.25) is 0 Å². The third kappa shape index (κ3) is 3.38. The van der Waals surface area contributed by atoms with E-state index >= 15 is 0 Å². The van der Waals surface area contributed by atoms with Gasteiger partial charge in [0.1, 0.15) is 11.5 Å². The van der Waals surface area contributed by atoms with Crippen LogP contribution in [-0.2, 0) is 18.0 Å². The monoisotopic (exact) mass is 457 g/mol. The number of amides is 1. The first-order valence-electron chi connectivity index (χ1n) is 10.1. The summed E-state index contributed by atoms with van der Waals surface area (Å²) in [6.07, 6.45) is 0. The lowest BCUT2D eigenvalue weighted by Crippen LogP contribution is -2.37. The number of rotatable bonds is 3. The van der Waals surface area contributed by atoms with Gasteiger partial charge in [0.05, 0.1) is 31.2 Å². The lowest BCUT2D eigenvalue weighted by Gasteiger charge is -2.33. The lowest BCUT2D eigenvalue weighted by molar-refractivity contribution is 0.0333. The second-order valence-corrected chi connectivity index (χ2v) is 7.97. The molecule has 0 radical (unpaired) electrons. The summed E-state index contributed by atoms with van der Waals surface area (Å²) in [5, 5.41) is 10.2. The molecule has 7 nitrogen and oxygen atoms in total. The molecular formula is C23H18F3N3O4. The fourth-order valence-electron chi connectivity index (χ4n) is 4.40. The van der Waals surface area contributed by atoms with Gasteiger partial charge in [0.25, 0.3) is 11.5 Å². The minimum atomic E-state index is -1.15. The van der Waals surface area contributed by atoms with Crippen molar-refractivity contribution in [2.75, 3.05) is 13.7 Å². The highest BCUT2D eigenvalue weighted by molar-refractivity contribution is 5.99. The third-order valence-electron chi connectivity index (χ3n) is 6.02. The molecule has 2 aromatic heterocycles. The van der Waals surface area contributed by atoms with Crippen LogP contribution in [0.4, 0.5) is 13.2 Å². The minimum absolute atomic E-state index is 0.0333. The van der Waals surface area contributed by atoms with Crippen LogP contribution in [0.3, 0.4) is 0 Å². The van der Waals surface area contributed by atoms with Gasteiger partial charge in [-0.1, -0.05) is 0 Å². The summed E-state index contributed by atoms with van der Waals surface area (Å²) in [5.41, 5.74) is 1.07. The Kier molecular flexibility index (Phi) is 4.98. The standard InChI is InChI=1S/C23H18F3N3O4/c1-29(23(32)18-6-12-10(7-30)2-11(24)3-17(12)27-18)20-9-33-8-19-21(20)13-4-15(25)16(26)5-14(13)22(31)28-19/h2-6,20,27,30H,7-9H2,1H3,(H,28,31)/t20-/m1/s1. The Morgan fingerprint density at radius 2 is 1.82 bits per heavy atom. The van der Waals surface area contributed by atoms with E-state index in [1.54, 1.807) is 0 Å². The van der Waals surface area contributed by atoms with E-state index in [9.17, 15) is 27.9 Å². The number of aliphatic hydroxyl groups excluding tert-OH is 1. The number of carbonyl (C=O) groups excluding carboxylic acids is 1. The zero-order valence-corrected chi connectivity index (χ0v) is 17.3. The molecule has 0 saturated carbocycles. The largest absolute Gasteiger partial charge is 0.392 e. The van der Waals surface area contributed by atoms with E-state index < -0.39 is 41.6 Å². The van der Waals surface area contributed by atoms with Gasteiger partial charge < -0.3 is 24.7 Å². The van der Waals surface area contributed by atoms with E-state index in [4.69, 9.17) is 4.74 Å². The molecule has 0 aliphatic carbocycles. The highest BCUT2D eigenvalue weighted by Gasteiger charge is 2.32. The number of hydrogen-bond donors (Lipinski definition) is 3. The van der Waals surface area contributed by atoms with Crippen molar-refractivity contribution in [3.05, 3.63) is 80.7 Å². The van der Waals surface area contributed by atoms with E-state index in [0.717, 1.165) is 12.1 Å². The summed E-state index contributed by atoms with van der Waals surface area (Å²) in [7, 11) is 1.52. The summed E-state index contributed by atoms with van der Waals surface area (Å²) in [4.78, 5) is 32.6. The fraction of sp³-hybridized carbons (Fsp3) is 0.217. The second kappa shape index (κ2) is 7.75. The van der Waals surface area contributed by atoms with Crippen LogP contribution in [0, 0.1) is 17.5 Å². The molecule has 0 spiro atoms. The number of fused-ring (bicyclic) bond motifs is 4. The Morgan fingerprint density at radius 3 is 2.55 bits per heavy atom. The normalized spacial score (nSPS) is 15.7. The molecule has 5 rings (SSSR count). The lowest BCUT2D eigenvalue weighted by atomic mass is 9.95. The maximum absolute atomic E-state index is 14.1. The van der Waals surface area contributed by atoms with Gasteiger partial charge in [-0.2, -0.15) is 0 Å². The molecule has 1 aliphatic rings. The quantitative estimate of drug-likeness (QED) is 0.440. The van der Waals surface area contributed by atoms with Crippen molar-refractivity contribution in [3.63, 3.8) is 0 Å². The first-order valence-corrected chi connectivity index (χ1v) is 10.1. The topological polar surface area (TPSA) is 98.4 Å². The first kappa shape index (κ1) is 21.2. The van der Waals surface area contributed by atoms with Gasteiger partial charge in [-0.3, -0.25) is 9.59 Å². The molecule has 0 fully saturated rings. The number of hydrogen-bond acceptors (Lipinski definition) is 4. The number of H-pyrrole nitrogens is 2. The van der Waals surface area contributed by atoms with Crippen molar-refractivity contribution in [1.82, 2.24) is 14.9 Å². The van der Waals surface area contributed by atoms with Gasteiger partial charge >= 0.3 is 0 Å². The van der Waals surface area contributed by atoms with Crippen LogP contribution in [0.5, 0.6) is 0 Å².